The van der Waals surface area contributed by atoms with Crippen LogP contribution in [0.4, 0.5) is 0 Å². The molecule has 1 aliphatic heterocycles. The van der Waals surface area contributed by atoms with Crippen molar-refractivity contribution < 1.29 is 8.42 Å². The topological polar surface area (TPSA) is 64.4 Å². The number of rotatable bonds is 8. The third-order valence-electron chi connectivity index (χ3n) is 4.44. The highest BCUT2D eigenvalue weighted by Crippen LogP contribution is 2.19. The van der Waals surface area contributed by atoms with Crippen LogP contribution in [-0.4, -0.2) is 50.3 Å². The Bertz CT molecular complexity index is 642. The van der Waals surface area contributed by atoms with Gasteiger partial charge in [0.1, 0.15) is 0 Å². The van der Waals surface area contributed by atoms with Crippen LogP contribution in [0.25, 0.3) is 0 Å². The predicted octanol–water partition coefficient (Wildman–Crippen LogP) is 2.64. The molecule has 1 aliphatic rings. The standard InChI is InChI=1S/C18H27N3O2S/c1-2-6-17-7-9-18(10-8-17)24(22,23)21-15-13-20(14-16-21)12-5-3-4-11-19/h7-10H,2-6,12-16H2,1H3. The first kappa shape index (κ1) is 18.9. The van der Waals surface area contributed by atoms with Crippen LogP contribution in [0.3, 0.4) is 0 Å². The monoisotopic (exact) mass is 349 g/mol. The van der Waals surface area contributed by atoms with Crippen LogP contribution >= 0.6 is 0 Å². The van der Waals surface area contributed by atoms with Crippen LogP contribution in [0, 0.1) is 11.3 Å². The molecule has 0 amide bonds. The maximum Gasteiger partial charge on any atom is 0.243 e. The molecule has 1 aromatic rings. The number of nitriles is 1. The second-order valence-corrected chi connectivity index (χ2v) is 8.19. The summed E-state index contributed by atoms with van der Waals surface area (Å²) in [6.07, 6.45) is 4.55. The van der Waals surface area contributed by atoms with Gasteiger partial charge in [0.05, 0.1) is 11.0 Å². The molecular weight excluding hydrogens is 322 g/mol. The summed E-state index contributed by atoms with van der Waals surface area (Å²) in [5.74, 6) is 0. The fraction of sp³-hybridized carbons (Fsp3) is 0.611. The summed E-state index contributed by atoms with van der Waals surface area (Å²) in [6, 6.07) is 9.45. The molecule has 5 nitrogen and oxygen atoms in total. The number of benzene rings is 1. The third kappa shape index (κ3) is 5.04. The van der Waals surface area contributed by atoms with E-state index in [1.807, 2.05) is 12.1 Å². The van der Waals surface area contributed by atoms with Gasteiger partial charge in [-0.05, 0) is 43.5 Å². The molecular formula is C18H27N3O2S. The average molecular weight is 350 g/mol. The van der Waals surface area contributed by atoms with Crippen molar-refractivity contribution in [3.05, 3.63) is 29.8 Å². The number of nitrogens with zero attached hydrogens (tertiary/aromatic N) is 3. The van der Waals surface area contributed by atoms with Crippen LogP contribution in [-0.2, 0) is 16.4 Å². The van der Waals surface area contributed by atoms with E-state index in [-0.39, 0.29) is 0 Å². The second-order valence-electron chi connectivity index (χ2n) is 6.25. The molecule has 0 aliphatic carbocycles. The molecule has 1 aromatic carbocycles. The molecule has 0 bridgehead atoms. The van der Waals surface area contributed by atoms with E-state index in [0.717, 1.165) is 45.3 Å². The molecule has 0 saturated carbocycles. The molecule has 6 heteroatoms. The lowest BCUT2D eigenvalue weighted by Crippen LogP contribution is -2.48. The van der Waals surface area contributed by atoms with Crippen LogP contribution < -0.4 is 0 Å². The number of aryl methyl sites for hydroxylation is 1. The lowest BCUT2D eigenvalue weighted by atomic mass is 10.1. The highest BCUT2D eigenvalue weighted by molar-refractivity contribution is 7.89. The number of hydrogen-bond donors (Lipinski definition) is 0. The van der Waals surface area contributed by atoms with Crippen LogP contribution in [0.15, 0.2) is 29.2 Å². The largest absolute Gasteiger partial charge is 0.301 e. The van der Waals surface area contributed by atoms with E-state index < -0.39 is 10.0 Å². The molecule has 0 spiro atoms. The van der Waals surface area contributed by atoms with Crippen molar-refractivity contribution in [1.29, 1.82) is 5.26 Å². The van der Waals surface area contributed by atoms with Crippen LogP contribution in [0.5, 0.6) is 0 Å². The van der Waals surface area contributed by atoms with Crippen LogP contribution in [0.2, 0.25) is 0 Å². The predicted molar refractivity (Wildman–Crippen MR) is 95.1 cm³/mol. The maximum atomic E-state index is 12.7. The quantitative estimate of drug-likeness (QED) is 0.677. The molecule has 0 N–H and O–H groups in total. The third-order valence-corrected chi connectivity index (χ3v) is 6.36. The zero-order valence-corrected chi connectivity index (χ0v) is 15.3. The highest BCUT2D eigenvalue weighted by atomic mass is 32.2. The van der Waals surface area contributed by atoms with E-state index in [2.05, 4.69) is 17.9 Å². The Balaban J connectivity index is 1.89. The van der Waals surface area contributed by atoms with Gasteiger partial charge < -0.3 is 4.90 Å². The number of sulfonamides is 1. The summed E-state index contributed by atoms with van der Waals surface area (Å²) in [7, 11) is -3.38. The van der Waals surface area contributed by atoms with Crippen molar-refractivity contribution >= 4 is 10.0 Å². The lowest BCUT2D eigenvalue weighted by Gasteiger charge is -2.34. The van der Waals surface area contributed by atoms with E-state index in [1.54, 1.807) is 16.4 Å². The van der Waals surface area contributed by atoms with E-state index in [0.29, 0.717) is 24.4 Å². The Hall–Kier alpha value is -1.42. The number of unbranched alkanes of at least 4 members (excludes halogenated alkanes) is 2. The van der Waals surface area contributed by atoms with Gasteiger partial charge in [-0.25, -0.2) is 8.42 Å². The highest BCUT2D eigenvalue weighted by Gasteiger charge is 2.28. The fourth-order valence-electron chi connectivity index (χ4n) is 3.00. The van der Waals surface area contributed by atoms with Crippen molar-refractivity contribution in [2.75, 3.05) is 32.7 Å². The molecule has 0 radical (unpaired) electrons. The van der Waals surface area contributed by atoms with Crippen molar-refractivity contribution in [3.8, 4) is 6.07 Å². The van der Waals surface area contributed by atoms with E-state index >= 15 is 0 Å². The minimum absolute atomic E-state index is 0.393. The summed E-state index contributed by atoms with van der Waals surface area (Å²) >= 11 is 0. The zero-order valence-electron chi connectivity index (χ0n) is 14.4. The average Bonchev–Trinajstić information content (AvgIpc) is 2.60. The van der Waals surface area contributed by atoms with Gasteiger partial charge in [0, 0.05) is 32.6 Å². The summed E-state index contributed by atoms with van der Waals surface area (Å²) in [6.45, 7) is 5.67. The van der Waals surface area contributed by atoms with Gasteiger partial charge >= 0.3 is 0 Å². The van der Waals surface area contributed by atoms with Crippen molar-refractivity contribution in [2.24, 2.45) is 0 Å². The molecule has 2 rings (SSSR count). The Morgan fingerprint density at radius 3 is 2.33 bits per heavy atom. The summed E-state index contributed by atoms with van der Waals surface area (Å²) in [5.41, 5.74) is 1.18. The molecule has 1 saturated heterocycles. The fourth-order valence-corrected chi connectivity index (χ4v) is 4.42. The molecule has 0 unspecified atom stereocenters. The van der Waals surface area contributed by atoms with Crippen LogP contribution in [0.1, 0.15) is 38.2 Å². The van der Waals surface area contributed by atoms with Gasteiger partial charge in [-0.3, -0.25) is 0 Å². The van der Waals surface area contributed by atoms with Gasteiger partial charge in [0.15, 0.2) is 0 Å². The number of piperazine rings is 1. The molecule has 0 atom stereocenters. The van der Waals surface area contributed by atoms with Gasteiger partial charge in [0.25, 0.3) is 0 Å². The SMILES string of the molecule is CCCc1ccc(S(=O)(=O)N2CCN(CCCCC#N)CC2)cc1. The smallest absolute Gasteiger partial charge is 0.243 e. The first-order valence-corrected chi connectivity index (χ1v) is 10.2. The number of hydrogen-bond acceptors (Lipinski definition) is 4. The minimum atomic E-state index is -3.38. The zero-order chi connectivity index (χ0) is 17.4. The van der Waals surface area contributed by atoms with Crippen molar-refractivity contribution in [1.82, 2.24) is 9.21 Å². The van der Waals surface area contributed by atoms with Crippen molar-refractivity contribution in [3.63, 3.8) is 0 Å². The van der Waals surface area contributed by atoms with E-state index in [1.165, 1.54) is 5.56 Å². The molecule has 24 heavy (non-hydrogen) atoms. The Kier molecular flexibility index (Phi) is 7.22. The normalized spacial score (nSPS) is 16.8. The Labute approximate surface area is 145 Å². The first-order chi connectivity index (χ1) is 11.6. The van der Waals surface area contributed by atoms with Gasteiger partial charge in [-0.15, -0.1) is 0 Å². The van der Waals surface area contributed by atoms with Gasteiger partial charge in [-0.2, -0.15) is 9.57 Å². The molecule has 0 aromatic heterocycles. The second kappa shape index (κ2) is 9.16. The van der Waals surface area contributed by atoms with Gasteiger partial charge in [0.2, 0.25) is 10.0 Å². The summed E-state index contributed by atoms with van der Waals surface area (Å²) in [4.78, 5) is 2.68. The van der Waals surface area contributed by atoms with E-state index in [4.69, 9.17) is 5.26 Å². The van der Waals surface area contributed by atoms with E-state index in [9.17, 15) is 8.42 Å². The molecule has 1 fully saturated rings. The Morgan fingerprint density at radius 1 is 1.08 bits per heavy atom. The maximum absolute atomic E-state index is 12.7. The first-order valence-electron chi connectivity index (χ1n) is 8.76. The van der Waals surface area contributed by atoms with Crippen molar-refractivity contribution in [2.45, 2.75) is 43.9 Å². The Morgan fingerprint density at radius 2 is 1.75 bits per heavy atom. The molecule has 1 heterocycles. The molecule has 132 valence electrons. The minimum Gasteiger partial charge on any atom is -0.301 e. The lowest BCUT2D eigenvalue weighted by molar-refractivity contribution is 0.186. The summed E-state index contributed by atoms with van der Waals surface area (Å²) in [5, 5.41) is 8.55. The van der Waals surface area contributed by atoms with Gasteiger partial charge in [-0.1, -0.05) is 25.5 Å². The summed E-state index contributed by atoms with van der Waals surface area (Å²) < 4.78 is 27.1.